The molecule has 5 unspecified atom stereocenters. The number of nitrogens with one attached hydrogen (secondary N) is 1. The second kappa shape index (κ2) is 6.61. The Bertz CT molecular complexity index is 828. The Morgan fingerprint density at radius 1 is 1.18 bits per heavy atom. The van der Waals surface area contributed by atoms with Gasteiger partial charge in [-0.15, -0.1) is 0 Å². The van der Waals surface area contributed by atoms with Crippen molar-refractivity contribution in [2.24, 2.45) is 29.6 Å². The minimum absolute atomic E-state index is 0.0186. The van der Waals surface area contributed by atoms with Gasteiger partial charge in [-0.1, -0.05) is 13.0 Å². The number of benzene rings is 1. The molecule has 2 saturated heterocycles. The molecule has 2 bridgehead atoms. The Balaban J connectivity index is 1.29. The minimum Gasteiger partial charge on any atom is -0.462 e. The van der Waals surface area contributed by atoms with Gasteiger partial charge in [-0.05, 0) is 55.7 Å². The van der Waals surface area contributed by atoms with E-state index >= 15 is 0 Å². The Kier molecular flexibility index (Phi) is 4.18. The average molecular weight is 382 g/mol. The van der Waals surface area contributed by atoms with E-state index in [1.807, 2.05) is 4.90 Å². The number of anilines is 1. The van der Waals surface area contributed by atoms with Crippen LogP contribution in [-0.2, 0) is 14.3 Å². The predicted octanol–water partition coefficient (Wildman–Crippen LogP) is 2.69. The van der Waals surface area contributed by atoms with Crippen molar-refractivity contribution >= 4 is 23.5 Å². The summed E-state index contributed by atoms with van der Waals surface area (Å²) in [7, 11) is 0. The Hall–Kier alpha value is -2.37. The fourth-order valence-electron chi connectivity index (χ4n) is 5.71. The largest absolute Gasteiger partial charge is 0.462 e. The minimum atomic E-state index is -0.306. The summed E-state index contributed by atoms with van der Waals surface area (Å²) in [6, 6.07) is 7.15. The first-order chi connectivity index (χ1) is 13.5. The quantitative estimate of drug-likeness (QED) is 0.816. The number of esters is 1. The van der Waals surface area contributed by atoms with Crippen LogP contribution < -0.4 is 5.32 Å². The maximum absolute atomic E-state index is 12.9. The van der Waals surface area contributed by atoms with Gasteiger partial charge in [0.25, 0.3) is 5.91 Å². The first-order valence-corrected chi connectivity index (χ1v) is 10.4. The molecular formula is C22H26N2O4. The standard InChI is InChI=1S/C22H26N2O4/c1-12-5-7-24(8-6-12)21(26)13-3-2-4-15(9-13)23-20(25)18-14-10-16-17(11-14)28-22(27)19(16)18/h2-4,9,12,14,16-19H,5-8,10-11H2,1H3,(H,23,25). The third kappa shape index (κ3) is 2.81. The number of carbonyl (C=O) groups is 3. The van der Waals surface area contributed by atoms with Crippen molar-refractivity contribution in [1.29, 1.82) is 0 Å². The van der Waals surface area contributed by atoms with E-state index < -0.39 is 0 Å². The molecule has 0 aromatic heterocycles. The summed E-state index contributed by atoms with van der Waals surface area (Å²) < 4.78 is 5.43. The van der Waals surface area contributed by atoms with Crippen molar-refractivity contribution in [2.75, 3.05) is 18.4 Å². The monoisotopic (exact) mass is 382 g/mol. The number of likely N-dealkylation sites (tertiary alicyclic amines) is 1. The van der Waals surface area contributed by atoms with E-state index in [1.54, 1.807) is 24.3 Å². The first kappa shape index (κ1) is 17.7. The lowest BCUT2D eigenvalue weighted by Crippen LogP contribution is -2.38. The zero-order valence-electron chi connectivity index (χ0n) is 16.1. The van der Waals surface area contributed by atoms with Gasteiger partial charge >= 0.3 is 5.97 Å². The summed E-state index contributed by atoms with van der Waals surface area (Å²) in [5, 5.41) is 2.96. The highest BCUT2D eigenvalue weighted by atomic mass is 16.6. The molecule has 28 heavy (non-hydrogen) atoms. The number of rotatable bonds is 3. The van der Waals surface area contributed by atoms with Crippen LogP contribution in [0.3, 0.4) is 0 Å². The van der Waals surface area contributed by atoms with Gasteiger partial charge in [-0.3, -0.25) is 14.4 Å². The van der Waals surface area contributed by atoms with E-state index in [0.717, 1.165) is 38.8 Å². The van der Waals surface area contributed by atoms with Crippen LogP contribution in [0.2, 0.25) is 0 Å². The van der Waals surface area contributed by atoms with Crippen molar-refractivity contribution < 1.29 is 19.1 Å². The summed E-state index contributed by atoms with van der Waals surface area (Å²) in [6.45, 7) is 3.79. The smallest absolute Gasteiger partial charge is 0.310 e. The van der Waals surface area contributed by atoms with Crippen molar-refractivity contribution in [2.45, 2.75) is 38.7 Å². The van der Waals surface area contributed by atoms with Crippen LogP contribution in [0.1, 0.15) is 43.0 Å². The number of ether oxygens (including phenoxy) is 1. The molecule has 2 aliphatic heterocycles. The average Bonchev–Trinajstić information content (AvgIpc) is 3.31. The predicted molar refractivity (Wildman–Crippen MR) is 102 cm³/mol. The fraction of sp³-hybridized carbons (Fsp3) is 0.591. The highest BCUT2D eigenvalue weighted by Gasteiger charge is 2.63. The summed E-state index contributed by atoms with van der Waals surface area (Å²) in [5.74, 6) is 0.199. The molecule has 1 aromatic rings. The zero-order chi connectivity index (χ0) is 19.4. The third-order valence-corrected chi connectivity index (χ3v) is 7.23. The number of hydrogen-bond donors (Lipinski definition) is 1. The van der Waals surface area contributed by atoms with Gasteiger partial charge in [0.15, 0.2) is 0 Å². The molecule has 4 aliphatic rings. The topological polar surface area (TPSA) is 75.7 Å². The Morgan fingerprint density at radius 3 is 2.75 bits per heavy atom. The molecule has 4 fully saturated rings. The van der Waals surface area contributed by atoms with Gasteiger partial charge < -0.3 is 15.0 Å². The lowest BCUT2D eigenvalue weighted by atomic mass is 9.79. The fourth-order valence-corrected chi connectivity index (χ4v) is 5.71. The van der Waals surface area contributed by atoms with Gasteiger partial charge in [-0.25, -0.2) is 0 Å². The van der Waals surface area contributed by atoms with Crippen LogP contribution in [0.5, 0.6) is 0 Å². The third-order valence-electron chi connectivity index (χ3n) is 7.23. The lowest BCUT2D eigenvalue weighted by Gasteiger charge is -2.30. The first-order valence-electron chi connectivity index (χ1n) is 10.4. The summed E-state index contributed by atoms with van der Waals surface area (Å²) in [4.78, 5) is 39.8. The molecule has 2 saturated carbocycles. The van der Waals surface area contributed by atoms with Crippen LogP contribution >= 0.6 is 0 Å². The molecule has 6 nitrogen and oxygen atoms in total. The molecule has 2 amide bonds. The molecule has 148 valence electrons. The van der Waals surface area contributed by atoms with Crippen LogP contribution in [0.4, 0.5) is 5.69 Å². The number of piperidine rings is 1. The van der Waals surface area contributed by atoms with Crippen molar-refractivity contribution in [1.82, 2.24) is 4.90 Å². The molecule has 1 aromatic carbocycles. The summed E-state index contributed by atoms with van der Waals surface area (Å²) in [6.07, 6.45) is 3.80. The summed E-state index contributed by atoms with van der Waals surface area (Å²) >= 11 is 0. The van der Waals surface area contributed by atoms with E-state index in [1.165, 1.54) is 0 Å². The van der Waals surface area contributed by atoms with E-state index in [-0.39, 0.29) is 47.6 Å². The molecule has 1 N–H and O–H groups in total. The number of carbonyl (C=O) groups excluding carboxylic acids is 3. The molecule has 5 atom stereocenters. The highest BCUT2D eigenvalue weighted by Crippen LogP contribution is 2.57. The van der Waals surface area contributed by atoms with Gasteiger partial charge in [-0.2, -0.15) is 0 Å². The Labute approximate surface area is 164 Å². The van der Waals surface area contributed by atoms with Crippen molar-refractivity contribution in [3.8, 4) is 0 Å². The van der Waals surface area contributed by atoms with Crippen LogP contribution in [0, 0.1) is 29.6 Å². The van der Waals surface area contributed by atoms with Crippen molar-refractivity contribution in [3.05, 3.63) is 29.8 Å². The molecular weight excluding hydrogens is 356 g/mol. The number of hydrogen-bond acceptors (Lipinski definition) is 4. The number of nitrogens with zero attached hydrogens (tertiary/aromatic N) is 1. The second-order valence-electron chi connectivity index (χ2n) is 8.97. The van der Waals surface area contributed by atoms with Gasteiger partial charge in [0.2, 0.25) is 5.91 Å². The van der Waals surface area contributed by atoms with Crippen LogP contribution in [-0.4, -0.2) is 41.9 Å². The summed E-state index contributed by atoms with van der Waals surface area (Å²) in [5.41, 5.74) is 1.22. The zero-order valence-corrected chi connectivity index (χ0v) is 16.1. The highest BCUT2D eigenvalue weighted by molar-refractivity contribution is 5.99. The van der Waals surface area contributed by atoms with E-state index in [4.69, 9.17) is 4.74 Å². The van der Waals surface area contributed by atoms with E-state index in [0.29, 0.717) is 17.2 Å². The molecule has 5 rings (SSSR count). The lowest BCUT2D eigenvalue weighted by molar-refractivity contribution is -0.145. The van der Waals surface area contributed by atoms with Crippen LogP contribution in [0.15, 0.2) is 24.3 Å². The number of amides is 2. The van der Waals surface area contributed by atoms with Crippen molar-refractivity contribution in [3.63, 3.8) is 0 Å². The van der Waals surface area contributed by atoms with E-state index in [9.17, 15) is 14.4 Å². The van der Waals surface area contributed by atoms with E-state index in [2.05, 4.69) is 12.2 Å². The van der Waals surface area contributed by atoms with Gasteiger partial charge in [0.05, 0.1) is 11.8 Å². The maximum Gasteiger partial charge on any atom is 0.310 e. The SMILES string of the molecule is CC1CCN(C(=O)c2cccc(NC(=O)C3C4CC5OC(=O)C3C5C4)c2)CC1. The second-order valence-corrected chi connectivity index (χ2v) is 8.97. The molecule has 2 heterocycles. The Morgan fingerprint density at radius 2 is 1.96 bits per heavy atom. The van der Waals surface area contributed by atoms with Gasteiger partial charge in [0, 0.05) is 30.3 Å². The van der Waals surface area contributed by atoms with Gasteiger partial charge in [0.1, 0.15) is 6.10 Å². The molecule has 2 aliphatic carbocycles. The number of fused-ring (bicyclic) bond motifs is 1. The maximum atomic E-state index is 12.9. The molecule has 6 heteroatoms. The van der Waals surface area contributed by atoms with Crippen LogP contribution in [0.25, 0.3) is 0 Å². The normalized spacial score (nSPS) is 33.8. The molecule has 0 spiro atoms. The molecule has 0 radical (unpaired) electrons.